The van der Waals surface area contributed by atoms with E-state index in [-0.39, 0.29) is 0 Å². The molecule has 1 heterocycles. The van der Waals surface area contributed by atoms with Crippen LogP contribution in [0.15, 0.2) is 0 Å². The fraction of sp³-hybridized carbons (Fsp3) is 1.00. The van der Waals surface area contributed by atoms with Crippen molar-refractivity contribution in [2.24, 2.45) is 0 Å². The van der Waals surface area contributed by atoms with Gasteiger partial charge in [0.2, 0.25) is 0 Å². The molecule has 1 unspecified atom stereocenters. The number of hydrogen-bond donors (Lipinski definition) is 1. The number of unbranched alkanes of at least 4 members (excludes halogenated alkanes) is 3. The zero-order valence-electron chi connectivity index (χ0n) is 9.95. The summed E-state index contributed by atoms with van der Waals surface area (Å²) < 4.78 is 5.39. The second-order valence-corrected chi connectivity index (χ2v) is 4.44. The summed E-state index contributed by atoms with van der Waals surface area (Å²) in [5.41, 5.74) is 0. The third-order valence-corrected chi connectivity index (χ3v) is 3.18. The van der Waals surface area contributed by atoms with E-state index in [1.165, 1.54) is 38.8 Å². The van der Waals surface area contributed by atoms with Gasteiger partial charge in [0.15, 0.2) is 0 Å². The summed E-state index contributed by atoms with van der Waals surface area (Å²) in [7, 11) is 1.81. The number of hydrogen-bond acceptors (Lipinski definition) is 3. The molecule has 0 bridgehead atoms. The van der Waals surface area contributed by atoms with Gasteiger partial charge in [0.25, 0.3) is 0 Å². The highest BCUT2D eigenvalue weighted by Crippen LogP contribution is 2.13. The molecule has 1 aliphatic heterocycles. The Bertz CT molecular complexity index is 153. The first kappa shape index (κ1) is 12.9. The lowest BCUT2D eigenvalue weighted by Crippen LogP contribution is -2.39. The number of rotatable bonds is 7. The molecular formula is C12H25NO2. The summed E-state index contributed by atoms with van der Waals surface area (Å²) in [6.07, 6.45) is 7.58. The lowest BCUT2D eigenvalue weighted by Gasteiger charge is -2.31. The number of piperidine rings is 1. The predicted octanol–water partition coefficient (Wildman–Crippen LogP) is 1.65. The van der Waals surface area contributed by atoms with Crippen LogP contribution in [0.3, 0.4) is 0 Å². The summed E-state index contributed by atoms with van der Waals surface area (Å²) in [5, 5.41) is 8.65. The third-order valence-electron chi connectivity index (χ3n) is 3.18. The summed E-state index contributed by atoms with van der Waals surface area (Å²) in [4.78, 5) is 2.51. The van der Waals surface area contributed by atoms with E-state index in [1.807, 2.05) is 7.11 Å². The quantitative estimate of drug-likeness (QED) is 0.655. The van der Waals surface area contributed by atoms with Gasteiger partial charge in [-0.3, -0.25) is 0 Å². The second-order valence-electron chi connectivity index (χ2n) is 4.44. The van der Waals surface area contributed by atoms with Crippen LogP contribution in [0.5, 0.6) is 0 Å². The molecule has 0 saturated carbocycles. The standard InChI is InChI=1S/C12H25NO2/c1-15-12-7-6-9-13(11-12)8-4-2-3-5-10-14/h12,14H,2-11H2,1H3. The summed E-state index contributed by atoms with van der Waals surface area (Å²) in [5.74, 6) is 0. The molecule has 1 atom stereocenters. The van der Waals surface area contributed by atoms with Crippen LogP contribution in [-0.4, -0.2) is 49.5 Å². The normalized spacial score (nSPS) is 23.2. The van der Waals surface area contributed by atoms with E-state index in [2.05, 4.69) is 4.90 Å². The number of aliphatic hydroxyl groups is 1. The minimum absolute atomic E-state index is 0.343. The molecule has 0 aromatic rings. The molecule has 0 spiro atoms. The van der Waals surface area contributed by atoms with Crippen LogP contribution in [0.2, 0.25) is 0 Å². The van der Waals surface area contributed by atoms with Crippen molar-refractivity contribution in [3.05, 3.63) is 0 Å². The average Bonchev–Trinajstić information content (AvgIpc) is 2.29. The Labute approximate surface area is 93.4 Å². The van der Waals surface area contributed by atoms with Crippen LogP contribution in [0.25, 0.3) is 0 Å². The number of ether oxygens (including phenoxy) is 1. The van der Waals surface area contributed by atoms with Crippen molar-refractivity contribution < 1.29 is 9.84 Å². The van der Waals surface area contributed by atoms with E-state index in [0.29, 0.717) is 12.7 Å². The van der Waals surface area contributed by atoms with Gasteiger partial charge in [-0.25, -0.2) is 0 Å². The topological polar surface area (TPSA) is 32.7 Å². The van der Waals surface area contributed by atoms with Crippen molar-refractivity contribution >= 4 is 0 Å². The summed E-state index contributed by atoms with van der Waals surface area (Å²) in [6, 6.07) is 0. The fourth-order valence-electron chi connectivity index (χ4n) is 2.21. The molecule has 0 amide bonds. The van der Waals surface area contributed by atoms with Gasteiger partial charge in [0, 0.05) is 20.3 Å². The molecule has 0 aliphatic carbocycles. The summed E-state index contributed by atoms with van der Waals surface area (Å²) in [6.45, 7) is 3.89. The maximum atomic E-state index is 8.65. The highest BCUT2D eigenvalue weighted by atomic mass is 16.5. The molecule has 3 nitrogen and oxygen atoms in total. The largest absolute Gasteiger partial charge is 0.396 e. The van der Waals surface area contributed by atoms with E-state index >= 15 is 0 Å². The van der Waals surface area contributed by atoms with Crippen molar-refractivity contribution in [1.82, 2.24) is 4.90 Å². The van der Waals surface area contributed by atoms with Gasteiger partial charge in [-0.1, -0.05) is 12.8 Å². The molecule has 3 heteroatoms. The Morgan fingerprint density at radius 3 is 2.80 bits per heavy atom. The second kappa shape index (κ2) is 8.08. The predicted molar refractivity (Wildman–Crippen MR) is 62.0 cm³/mol. The molecule has 90 valence electrons. The van der Waals surface area contributed by atoms with Crippen LogP contribution < -0.4 is 0 Å². The van der Waals surface area contributed by atoms with E-state index in [9.17, 15) is 0 Å². The first-order chi connectivity index (χ1) is 7.36. The van der Waals surface area contributed by atoms with Crippen molar-refractivity contribution in [3.63, 3.8) is 0 Å². The van der Waals surface area contributed by atoms with Gasteiger partial charge in [0.1, 0.15) is 0 Å². The van der Waals surface area contributed by atoms with Gasteiger partial charge in [-0.15, -0.1) is 0 Å². The molecule has 0 aromatic heterocycles. The maximum absolute atomic E-state index is 8.65. The minimum atomic E-state index is 0.343. The Balaban J connectivity index is 2.00. The average molecular weight is 215 g/mol. The van der Waals surface area contributed by atoms with E-state index < -0.39 is 0 Å². The monoisotopic (exact) mass is 215 g/mol. The molecule has 1 N–H and O–H groups in total. The van der Waals surface area contributed by atoms with Gasteiger partial charge >= 0.3 is 0 Å². The minimum Gasteiger partial charge on any atom is -0.396 e. The van der Waals surface area contributed by atoms with Crippen LogP contribution in [-0.2, 0) is 4.74 Å². The van der Waals surface area contributed by atoms with Gasteiger partial charge < -0.3 is 14.7 Å². The highest BCUT2D eigenvalue weighted by Gasteiger charge is 2.18. The number of likely N-dealkylation sites (tertiary alicyclic amines) is 1. The van der Waals surface area contributed by atoms with E-state index in [0.717, 1.165) is 19.4 Å². The Hall–Kier alpha value is -0.120. The number of nitrogens with zero attached hydrogens (tertiary/aromatic N) is 1. The zero-order chi connectivity index (χ0) is 10.9. The van der Waals surface area contributed by atoms with Crippen molar-refractivity contribution in [2.75, 3.05) is 33.4 Å². The maximum Gasteiger partial charge on any atom is 0.0698 e. The van der Waals surface area contributed by atoms with E-state index in [1.54, 1.807) is 0 Å². The zero-order valence-corrected chi connectivity index (χ0v) is 9.95. The van der Waals surface area contributed by atoms with Gasteiger partial charge in [0.05, 0.1) is 6.10 Å². The molecular weight excluding hydrogens is 190 g/mol. The lowest BCUT2D eigenvalue weighted by atomic mass is 10.1. The molecule has 1 aliphatic rings. The molecule has 1 saturated heterocycles. The number of methoxy groups -OCH3 is 1. The van der Waals surface area contributed by atoms with Crippen molar-refractivity contribution in [3.8, 4) is 0 Å². The fourth-order valence-corrected chi connectivity index (χ4v) is 2.21. The Morgan fingerprint density at radius 2 is 2.07 bits per heavy atom. The van der Waals surface area contributed by atoms with Crippen LogP contribution in [0.1, 0.15) is 38.5 Å². The highest BCUT2D eigenvalue weighted by molar-refractivity contribution is 4.72. The smallest absolute Gasteiger partial charge is 0.0698 e. The number of aliphatic hydroxyl groups excluding tert-OH is 1. The Morgan fingerprint density at radius 1 is 1.27 bits per heavy atom. The molecule has 1 fully saturated rings. The first-order valence-corrected chi connectivity index (χ1v) is 6.23. The SMILES string of the molecule is COC1CCCN(CCCCCCO)C1. The summed E-state index contributed by atoms with van der Waals surface area (Å²) >= 11 is 0. The van der Waals surface area contributed by atoms with Crippen LogP contribution >= 0.6 is 0 Å². The lowest BCUT2D eigenvalue weighted by molar-refractivity contribution is 0.0308. The Kier molecular flexibility index (Phi) is 6.98. The van der Waals surface area contributed by atoms with Gasteiger partial charge in [-0.05, 0) is 38.8 Å². The molecule has 0 aromatic carbocycles. The van der Waals surface area contributed by atoms with Crippen LogP contribution in [0, 0.1) is 0 Å². The third kappa shape index (κ3) is 5.50. The first-order valence-electron chi connectivity index (χ1n) is 6.23. The van der Waals surface area contributed by atoms with Gasteiger partial charge in [-0.2, -0.15) is 0 Å². The van der Waals surface area contributed by atoms with E-state index in [4.69, 9.17) is 9.84 Å². The van der Waals surface area contributed by atoms with Crippen LogP contribution in [0.4, 0.5) is 0 Å². The molecule has 15 heavy (non-hydrogen) atoms. The molecule has 1 rings (SSSR count). The van der Waals surface area contributed by atoms with Crippen molar-refractivity contribution in [2.45, 2.75) is 44.6 Å². The van der Waals surface area contributed by atoms with Crippen molar-refractivity contribution in [1.29, 1.82) is 0 Å². The molecule has 0 radical (unpaired) electrons.